The average molecular weight is 450 g/mol. The minimum absolute atomic E-state index is 0.0250. The first kappa shape index (κ1) is 20.3. The number of aromatic nitrogens is 1. The van der Waals surface area contributed by atoms with Gasteiger partial charge in [-0.1, -0.05) is 40.2 Å². The molecular formula is C16H15BrF2NO3PS. The Bertz CT molecular complexity index is 799. The molecule has 0 amide bonds. The topological polar surface area (TPSA) is 70.4 Å². The number of hydrogen-bond acceptors (Lipinski definition) is 3. The summed E-state index contributed by atoms with van der Waals surface area (Å²) < 4.78 is 38.4. The smallest absolute Gasteiger partial charge is 0.320 e. The van der Waals surface area contributed by atoms with E-state index in [9.17, 15) is 13.3 Å². The van der Waals surface area contributed by atoms with Crippen LogP contribution in [0.15, 0.2) is 53.1 Å². The van der Waals surface area contributed by atoms with Crippen LogP contribution >= 0.6 is 35.3 Å². The molecule has 0 aliphatic heterocycles. The summed E-state index contributed by atoms with van der Waals surface area (Å²) in [5.74, 6) is 1.29. The van der Waals surface area contributed by atoms with E-state index in [0.29, 0.717) is 11.5 Å². The number of pyridine rings is 1. The summed E-state index contributed by atoms with van der Waals surface area (Å²) in [4.78, 5) is 21.8. The van der Waals surface area contributed by atoms with Crippen molar-refractivity contribution in [1.82, 2.24) is 4.98 Å². The van der Waals surface area contributed by atoms with Crippen molar-refractivity contribution in [2.75, 3.05) is 5.75 Å². The van der Waals surface area contributed by atoms with Crippen molar-refractivity contribution in [3.05, 3.63) is 70.0 Å². The molecule has 1 aromatic heterocycles. The van der Waals surface area contributed by atoms with E-state index < -0.39 is 18.8 Å². The fourth-order valence-corrected chi connectivity index (χ4v) is 4.04. The number of rotatable bonds is 7. The molecule has 0 radical (unpaired) electrons. The summed E-state index contributed by atoms with van der Waals surface area (Å²) in [6.07, 6.45) is 5.56. The van der Waals surface area contributed by atoms with Crippen molar-refractivity contribution in [2.45, 2.75) is 11.4 Å². The molecule has 0 saturated carbocycles. The van der Waals surface area contributed by atoms with Crippen LogP contribution in [0.1, 0.15) is 16.8 Å². The molecule has 2 rings (SSSR count). The number of halogens is 3. The Hall–Kier alpha value is -1.05. The van der Waals surface area contributed by atoms with E-state index in [1.165, 1.54) is 12.1 Å². The number of alkyl halides is 2. The third kappa shape index (κ3) is 5.46. The summed E-state index contributed by atoms with van der Waals surface area (Å²) in [7, 11) is -5.58. The first-order valence-electron chi connectivity index (χ1n) is 7.09. The van der Waals surface area contributed by atoms with Gasteiger partial charge in [-0.15, -0.1) is 0 Å². The molecular weight excluding hydrogens is 435 g/mol. The van der Waals surface area contributed by atoms with Crippen LogP contribution in [0, 0.1) is 0 Å². The van der Waals surface area contributed by atoms with Crippen molar-refractivity contribution < 1.29 is 23.1 Å². The summed E-state index contributed by atoms with van der Waals surface area (Å²) in [6.45, 7) is 0. The van der Waals surface area contributed by atoms with E-state index in [4.69, 9.17) is 9.79 Å². The molecule has 2 aromatic rings. The molecule has 2 N–H and O–H groups in total. The van der Waals surface area contributed by atoms with E-state index in [-0.39, 0.29) is 4.47 Å². The maximum absolute atomic E-state index is 13.8. The molecule has 0 fully saturated rings. The van der Waals surface area contributed by atoms with Crippen molar-refractivity contribution in [3.63, 3.8) is 0 Å². The van der Waals surface area contributed by atoms with Crippen LogP contribution in [-0.2, 0) is 16.0 Å². The predicted molar refractivity (Wildman–Crippen MR) is 99.5 cm³/mol. The SMILES string of the molecule is O=P(O)(O)C(F)(F)c1ccc(CSC/C=C\c2ccccn2)cc1Br. The second-order valence-corrected chi connectivity index (χ2v) is 8.61. The Balaban J connectivity index is 1.95. The highest BCUT2D eigenvalue weighted by Gasteiger charge is 2.51. The molecule has 9 heteroatoms. The first-order valence-corrected chi connectivity index (χ1v) is 10.7. The van der Waals surface area contributed by atoms with Gasteiger partial charge in [0.2, 0.25) is 0 Å². The molecule has 0 spiro atoms. The molecule has 1 heterocycles. The lowest BCUT2D eigenvalue weighted by atomic mass is 10.1. The molecule has 0 aliphatic carbocycles. The van der Waals surface area contributed by atoms with Crippen LogP contribution in [0.3, 0.4) is 0 Å². The van der Waals surface area contributed by atoms with Gasteiger partial charge in [-0.3, -0.25) is 9.55 Å². The molecule has 0 atom stereocenters. The largest absolute Gasteiger partial charge is 0.399 e. The Morgan fingerprint density at radius 1 is 1.28 bits per heavy atom. The monoisotopic (exact) mass is 449 g/mol. The van der Waals surface area contributed by atoms with Crippen LogP contribution < -0.4 is 0 Å². The Labute approximate surface area is 156 Å². The van der Waals surface area contributed by atoms with Crippen molar-refractivity contribution >= 4 is 41.4 Å². The number of benzene rings is 1. The van der Waals surface area contributed by atoms with Gasteiger partial charge in [-0.05, 0) is 29.8 Å². The zero-order valence-electron chi connectivity index (χ0n) is 12.8. The summed E-state index contributed by atoms with van der Waals surface area (Å²) in [6, 6.07) is 9.56. The predicted octanol–water partition coefficient (Wildman–Crippen LogP) is 5.02. The van der Waals surface area contributed by atoms with Gasteiger partial charge in [0.1, 0.15) is 0 Å². The van der Waals surface area contributed by atoms with Gasteiger partial charge < -0.3 is 9.79 Å². The highest BCUT2D eigenvalue weighted by atomic mass is 79.9. The molecule has 0 aliphatic rings. The van der Waals surface area contributed by atoms with Crippen LogP contribution in [-0.4, -0.2) is 20.5 Å². The highest BCUT2D eigenvalue weighted by Crippen LogP contribution is 2.60. The average Bonchev–Trinajstić information content (AvgIpc) is 2.54. The van der Waals surface area contributed by atoms with Crippen LogP contribution in [0.5, 0.6) is 0 Å². The molecule has 0 saturated heterocycles. The Morgan fingerprint density at radius 2 is 2.04 bits per heavy atom. The van der Waals surface area contributed by atoms with Gasteiger partial charge in [-0.25, -0.2) is 0 Å². The van der Waals surface area contributed by atoms with Gasteiger partial charge in [0, 0.05) is 27.7 Å². The zero-order valence-corrected chi connectivity index (χ0v) is 16.1. The van der Waals surface area contributed by atoms with Gasteiger partial charge >= 0.3 is 13.3 Å². The lowest BCUT2D eigenvalue weighted by molar-refractivity contribution is 0.0557. The minimum Gasteiger partial charge on any atom is -0.320 e. The van der Waals surface area contributed by atoms with Gasteiger partial charge in [0.05, 0.1) is 5.69 Å². The van der Waals surface area contributed by atoms with Crippen molar-refractivity contribution in [2.24, 2.45) is 0 Å². The van der Waals surface area contributed by atoms with E-state index in [0.717, 1.165) is 17.3 Å². The molecule has 4 nitrogen and oxygen atoms in total. The minimum atomic E-state index is -5.58. The van der Waals surface area contributed by atoms with Crippen molar-refractivity contribution in [3.8, 4) is 0 Å². The van der Waals surface area contributed by atoms with Gasteiger partial charge in [0.15, 0.2) is 0 Å². The fourth-order valence-electron chi connectivity index (χ4n) is 1.94. The summed E-state index contributed by atoms with van der Waals surface area (Å²) >= 11 is 4.55. The van der Waals surface area contributed by atoms with Crippen molar-refractivity contribution in [1.29, 1.82) is 0 Å². The highest BCUT2D eigenvalue weighted by molar-refractivity contribution is 9.10. The lowest BCUT2D eigenvalue weighted by Crippen LogP contribution is -2.14. The second-order valence-electron chi connectivity index (χ2n) is 5.07. The number of thioether (sulfide) groups is 1. The van der Waals surface area contributed by atoms with Crippen LogP contribution in [0.25, 0.3) is 6.08 Å². The maximum atomic E-state index is 13.8. The van der Waals surface area contributed by atoms with Gasteiger partial charge in [0.25, 0.3) is 0 Å². The normalized spacial score (nSPS) is 12.7. The van der Waals surface area contributed by atoms with E-state index in [2.05, 4.69) is 20.9 Å². The quantitative estimate of drug-likeness (QED) is 0.458. The van der Waals surface area contributed by atoms with Crippen LogP contribution in [0.2, 0.25) is 0 Å². The van der Waals surface area contributed by atoms with E-state index in [1.54, 1.807) is 18.0 Å². The van der Waals surface area contributed by atoms with E-state index in [1.807, 2.05) is 30.4 Å². The number of nitrogens with zero attached hydrogens (tertiary/aromatic N) is 1. The third-order valence-electron chi connectivity index (χ3n) is 3.18. The summed E-state index contributed by atoms with van der Waals surface area (Å²) in [5.41, 5.74) is -3.31. The van der Waals surface area contributed by atoms with Crippen LogP contribution in [0.4, 0.5) is 8.78 Å². The summed E-state index contributed by atoms with van der Waals surface area (Å²) in [5, 5.41) is 0. The first-order chi connectivity index (χ1) is 11.7. The zero-order chi connectivity index (χ0) is 18.5. The standard InChI is InChI=1S/C16H15BrF2NO3PS/c17-15-10-12(6-7-14(15)16(18,19)24(21,22)23)11-25-9-3-5-13-4-1-2-8-20-13/h1-8,10H,9,11H2,(H2,21,22,23)/b5-3-. The number of hydrogen-bond donors (Lipinski definition) is 2. The molecule has 1 aromatic carbocycles. The maximum Gasteiger partial charge on any atom is 0.399 e. The molecule has 25 heavy (non-hydrogen) atoms. The van der Waals surface area contributed by atoms with Gasteiger partial charge in [-0.2, -0.15) is 20.5 Å². The molecule has 134 valence electrons. The second kappa shape index (κ2) is 8.56. The fraction of sp³-hybridized carbons (Fsp3) is 0.188. The van der Waals surface area contributed by atoms with E-state index >= 15 is 0 Å². The Morgan fingerprint density at radius 3 is 2.64 bits per heavy atom. The lowest BCUT2D eigenvalue weighted by Gasteiger charge is -2.19. The Kier molecular flexibility index (Phi) is 6.93. The third-order valence-corrected chi connectivity index (χ3v) is 5.78. The molecule has 0 bridgehead atoms. The molecule has 0 unspecified atom stereocenters.